The first-order chi connectivity index (χ1) is 10.4. The van der Waals surface area contributed by atoms with Crippen molar-refractivity contribution in [3.8, 4) is 6.07 Å². The Morgan fingerprint density at radius 2 is 2.05 bits per heavy atom. The molecule has 1 aliphatic rings. The molecule has 6 nitrogen and oxygen atoms in total. The first kappa shape index (κ1) is 16.1. The van der Waals surface area contributed by atoms with Gasteiger partial charge in [-0.2, -0.15) is 5.26 Å². The fourth-order valence-corrected chi connectivity index (χ4v) is 2.15. The van der Waals surface area contributed by atoms with E-state index in [4.69, 9.17) is 10.00 Å². The van der Waals surface area contributed by atoms with Gasteiger partial charge in [0.25, 0.3) is 0 Å². The molecule has 1 aromatic rings. The average molecular weight is 302 g/mol. The highest BCUT2D eigenvalue weighted by Crippen LogP contribution is 2.17. The van der Waals surface area contributed by atoms with Crippen molar-refractivity contribution in [1.29, 1.82) is 5.26 Å². The Morgan fingerprint density at radius 1 is 1.36 bits per heavy atom. The highest BCUT2D eigenvalue weighted by Gasteiger charge is 2.24. The molecule has 0 spiro atoms. The van der Waals surface area contributed by atoms with Crippen molar-refractivity contribution in [3.63, 3.8) is 0 Å². The standard InChI is InChI=1S/C16H22N4O2/c1-16(2,3)12-22-15(21)20-8-6-19(7-9-20)14-10-13(11-17)4-5-18-14/h4-5,10H,6-9,12H2,1-3H3. The van der Waals surface area contributed by atoms with Crippen LogP contribution in [0.5, 0.6) is 0 Å². The highest BCUT2D eigenvalue weighted by atomic mass is 16.6. The molecule has 0 aromatic carbocycles. The van der Waals surface area contributed by atoms with Crippen molar-refractivity contribution in [3.05, 3.63) is 23.9 Å². The van der Waals surface area contributed by atoms with E-state index < -0.39 is 0 Å². The van der Waals surface area contributed by atoms with Gasteiger partial charge in [-0.05, 0) is 17.5 Å². The van der Waals surface area contributed by atoms with Crippen LogP contribution in [0.3, 0.4) is 0 Å². The first-order valence-electron chi connectivity index (χ1n) is 7.42. The van der Waals surface area contributed by atoms with Crippen LogP contribution in [0, 0.1) is 16.7 Å². The van der Waals surface area contributed by atoms with Gasteiger partial charge in [0.15, 0.2) is 0 Å². The molecule has 1 saturated heterocycles. The number of rotatable bonds is 2. The molecule has 1 aliphatic heterocycles. The topological polar surface area (TPSA) is 69.5 Å². The second-order valence-electron chi connectivity index (χ2n) is 6.60. The summed E-state index contributed by atoms with van der Waals surface area (Å²) in [4.78, 5) is 20.1. The van der Waals surface area contributed by atoms with E-state index >= 15 is 0 Å². The molecule has 0 bridgehead atoms. The third kappa shape index (κ3) is 4.35. The van der Waals surface area contributed by atoms with Crippen LogP contribution in [0.4, 0.5) is 10.6 Å². The number of piperazine rings is 1. The molecule has 0 aliphatic carbocycles. The molecule has 2 heterocycles. The lowest BCUT2D eigenvalue weighted by Crippen LogP contribution is -2.49. The molecule has 1 fully saturated rings. The van der Waals surface area contributed by atoms with Crippen molar-refractivity contribution < 1.29 is 9.53 Å². The zero-order chi connectivity index (χ0) is 16.2. The van der Waals surface area contributed by atoms with Crippen LogP contribution in [0.2, 0.25) is 0 Å². The van der Waals surface area contributed by atoms with Crippen molar-refractivity contribution in [1.82, 2.24) is 9.88 Å². The third-order valence-corrected chi connectivity index (χ3v) is 3.37. The van der Waals surface area contributed by atoms with Crippen LogP contribution in [0.1, 0.15) is 26.3 Å². The van der Waals surface area contributed by atoms with E-state index in [1.54, 1.807) is 23.2 Å². The summed E-state index contributed by atoms with van der Waals surface area (Å²) in [6, 6.07) is 5.57. The number of hydrogen-bond donors (Lipinski definition) is 0. The van der Waals surface area contributed by atoms with E-state index in [0.717, 1.165) is 5.82 Å². The molecule has 2 rings (SSSR count). The Balaban J connectivity index is 1.87. The fraction of sp³-hybridized carbons (Fsp3) is 0.562. The molecule has 0 unspecified atom stereocenters. The number of carbonyl (C=O) groups excluding carboxylic acids is 1. The van der Waals surface area contributed by atoms with Gasteiger partial charge in [-0.1, -0.05) is 20.8 Å². The van der Waals surface area contributed by atoms with Gasteiger partial charge in [-0.25, -0.2) is 9.78 Å². The lowest BCUT2D eigenvalue weighted by molar-refractivity contribution is 0.0707. The third-order valence-electron chi connectivity index (χ3n) is 3.37. The van der Waals surface area contributed by atoms with Crippen molar-refractivity contribution in [2.75, 3.05) is 37.7 Å². The van der Waals surface area contributed by atoms with Gasteiger partial charge in [0.05, 0.1) is 18.2 Å². The van der Waals surface area contributed by atoms with Crippen LogP contribution in [-0.4, -0.2) is 48.8 Å². The maximum Gasteiger partial charge on any atom is 0.409 e. The first-order valence-corrected chi connectivity index (χ1v) is 7.42. The Morgan fingerprint density at radius 3 is 2.64 bits per heavy atom. The molecule has 6 heteroatoms. The maximum absolute atomic E-state index is 12.0. The number of pyridine rings is 1. The smallest absolute Gasteiger partial charge is 0.409 e. The monoisotopic (exact) mass is 302 g/mol. The van der Waals surface area contributed by atoms with Gasteiger partial charge in [0.2, 0.25) is 0 Å². The zero-order valence-corrected chi connectivity index (χ0v) is 13.4. The molecule has 1 aromatic heterocycles. The minimum absolute atomic E-state index is 0.0286. The summed E-state index contributed by atoms with van der Waals surface area (Å²) in [6.45, 7) is 9.09. The summed E-state index contributed by atoms with van der Waals surface area (Å²) in [5.41, 5.74) is 0.566. The van der Waals surface area contributed by atoms with Crippen LogP contribution in [-0.2, 0) is 4.74 Å². The summed E-state index contributed by atoms with van der Waals surface area (Å²) in [5.74, 6) is 0.779. The lowest BCUT2D eigenvalue weighted by Gasteiger charge is -2.35. The predicted octanol–water partition coefficient (Wildman–Crippen LogP) is 2.26. The summed E-state index contributed by atoms with van der Waals surface area (Å²) in [6.07, 6.45) is 1.38. The van der Waals surface area contributed by atoms with Gasteiger partial charge in [-0.15, -0.1) is 0 Å². The van der Waals surface area contributed by atoms with Crippen LogP contribution >= 0.6 is 0 Å². The molecule has 22 heavy (non-hydrogen) atoms. The number of ether oxygens (including phenoxy) is 1. The van der Waals surface area contributed by atoms with Crippen molar-refractivity contribution in [2.24, 2.45) is 5.41 Å². The minimum Gasteiger partial charge on any atom is -0.449 e. The van der Waals surface area contributed by atoms with Gasteiger partial charge >= 0.3 is 6.09 Å². The second kappa shape index (κ2) is 6.65. The number of hydrogen-bond acceptors (Lipinski definition) is 5. The molecule has 118 valence electrons. The number of amides is 1. The van der Waals surface area contributed by atoms with E-state index in [9.17, 15) is 4.79 Å². The van der Waals surface area contributed by atoms with E-state index in [-0.39, 0.29) is 11.5 Å². The predicted molar refractivity (Wildman–Crippen MR) is 83.5 cm³/mol. The SMILES string of the molecule is CC(C)(C)COC(=O)N1CCN(c2cc(C#N)ccn2)CC1. The van der Waals surface area contributed by atoms with Crippen LogP contribution in [0.15, 0.2) is 18.3 Å². The average Bonchev–Trinajstić information content (AvgIpc) is 2.52. The number of anilines is 1. The van der Waals surface area contributed by atoms with Crippen molar-refractivity contribution >= 4 is 11.9 Å². The molecule has 0 N–H and O–H groups in total. The Labute approximate surface area is 131 Å². The van der Waals surface area contributed by atoms with E-state index in [1.165, 1.54) is 0 Å². The largest absolute Gasteiger partial charge is 0.449 e. The van der Waals surface area contributed by atoms with Gasteiger partial charge < -0.3 is 14.5 Å². The van der Waals surface area contributed by atoms with Crippen molar-refractivity contribution in [2.45, 2.75) is 20.8 Å². The molecule has 0 atom stereocenters. The van der Waals surface area contributed by atoms with E-state index in [2.05, 4.69) is 16.0 Å². The summed E-state index contributed by atoms with van der Waals surface area (Å²) < 4.78 is 5.33. The van der Waals surface area contributed by atoms with Gasteiger partial charge in [0, 0.05) is 32.4 Å². The van der Waals surface area contributed by atoms with Crippen LogP contribution < -0.4 is 4.90 Å². The number of aromatic nitrogens is 1. The summed E-state index contributed by atoms with van der Waals surface area (Å²) >= 11 is 0. The molecule has 0 radical (unpaired) electrons. The Bertz CT molecular complexity index is 566. The number of nitrogens with zero attached hydrogens (tertiary/aromatic N) is 4. The maximum atomic E-state index is 12.0. The normalized spacial score (nSPS) is 15.4. The van der Waals surface area contributed by atoms with Crippen LogP contribution in [0.25, 0.3) is 0 Å². The highest BCUT2D eigenvalue weighted by molar-refractivity contribution is 5.68. The summed E-state index contributed by atoms with van der Waals surface area (Å²) in [7, 11) is 0. The van der Waals surface area contributed by atoms with Gasteiger partial charge in [0.1, 0.15) is 5.82 Å². The number of nitriles is 1. The zero-order valence-electron chi connectivity index (χ0n) is 13.4. The molecule has 0 saturated carbocycles. The second-order valence-corrected chi connectivity index (χ2v) is 6.60. The lowest BCUT2D eigenvalue weighted by atomic mass is 9.99. The molecular formula is C16H22N4O2. The summed E-state index contributed by atoms with van der Waals surface area (Å²) in [5, 5.41) is 8.93. The molecule has 1 amide bonds. The fourth-order valence-electron chi connectivity index (χ4n) is 2.15. The Hall–Kier alpha value is -2.29. The van der Waals surface area contributed by atoms with Gasteiger partial charge in [-0.3, -0.25) is 0 Å². The van der Waals surface area contributed by atoms with E-state index in [1.807, 2.05) is 20.8 Å². The quantitative estimate of drug-likeness (QED) is 0.838. The molecular weight excluding hydrogens is 280 g/mol. The van der Waals surface area contributed by atoms with E-state index in [0.29, 0.717) is 38.3 Å². The Kier molecular flexibility index (Phi) is 4.86. The number of carbonyl (C=O) groups is 1. The minimum atomic E-state index is -0.256.